The highest BCUT2D eigenvalue weighted by molar-refractivity contribution is 5.52. The number of methoxy groups -OCH3 is 1. The lowest BCUT2D eigenvalue weighted by Gasteiger charge is -2.09. The number of anilines is 1. The summed E-state index contributed by atoms with van der Waals surface area (Å²) < 4.78 is 9.22. The largest absolute Gasteiger partial charge is 0.383 e. The van der Waals surface area contributed by atoms with Gasteiger partial charge in [0, 0.05) is 26.0 Å². The van der Waals surface area contributed by atoms with Crippen LogP contribution >= 0.6 is 0 Å². The number of ether oxygens (including phenoxy) is 1. The molecule has 0 saturated carbocycles. The Hall–Kier alpha value is -1.82. The van der Waals surface area contributed by atoms with E-state index in [1.165, 1.54) is 0 Å². The van der Waals surface area contributed by atoms with Gasteiger partial charge in [0.15, 0.2) is 0 Å². The first-order chi connectivity index (χ1) is 9.67. The molecule has 0 aliphatic heterocycles. The molecule has 110 valence electrons. The van der Waals surface area contributed by atoms with Crippen molar-refractivity contribution in [1.29, 1.82) is 0 Å². The van der Waals surface area contributed by atoms with E-state index in [0.717, 1.165) is 36.0 Å². The lowest BCUT2D eigenvalue weighted by molar-refractivity contribution is 0.182. The predicted octanol–water partition coefficient (Wildman–Crippen LogP) is 1.97. The fourth-order valence-electron chi connectivity index (χ4n) is 2.31. The van der Waals surface area contributed by atoms with Gasteiger partial charge in [-0.3, -0.25) is 4.68 Å². The van der Waals surface area contributed by atoms with Crippen LogP contribution in [0, 0.1) is 13.8 Å². The van der Waals surface area contributed by atoms with Gasteiger partial charge >= 0.3 is 0 Å². The molecule has 6 nitrogen and oxygen atoms in total. The van der Waals surface area contributed by atoms with Gasteiger partial charge in [0.25, 0.3) is 0 Å². The highest BCUT2D eigenvalue weighted by Gasteiger charge is 2.11. The maximum atomic E-state index is 5.10. The Balaban J connectivity index is 2.07. The van der Waals surface area contributed by atoms with Crippen LogP contribution in [-0.4, -0.2) is 33.0 Å². The highest BCUT2D eigenvalue weighted by Crippen LogP contribution is 2.20. The van der Waals surface area contributed by atoms with Gasteiger partial charge in [-0.05, 0) is 20.8 Å². The van der Waals surface area contributed by atoms with E-state index in [1.807, 2.05) is 24.0 Å². The van der Waals surface area contributed by atoms with E-state index in [0.29, 0.717) is 13.2 Å². The van der Waals surface area contributed by atoms with Gasteiger partial charge in [0.05, 0.1) is 36.8 Å². The molecule has 0 aliphatic rings. The zero-order valence-corrected chi connectivity index (χ0v) is 12.7. The van der Waals surface area contributed by atoms with Crippen LogP contribution in [0.4, 0.5) is 5.69 Å². The second-order valence-electron chi connectivity index (χ2n) is 4.74. The molecule has 2 heterocycles. The summed E-state index contributed by atoms with van der Waals surface area (Å²) in [6, 6.07) is 0. The highest BCUT2D eigenvalue weighted by atomic mass is 16.5. The summed E-state index contributed by atoms with van der Waals surface area (Å²) in [5.74, 6) is 1.04. The van der Waals surface area contributed by atoms with Crippen molar-refractivity contribution in [1.82, 2.24) is 19.3 Å². The fraction of sp³-hybridized carbons (Fsp3) is 0.571. The molecule has 0 saturated heterocycles. The summed E-state index contributed by atoms with van der Waals surface area (Å²) in [4.78, 5) is 4.37. The van der Waals surface area contributed by atoms with Crippen molar-refractivity contribution in [2.24, 2.45) is 0 Å². The summed E-state index contributed by atoms with van der Waals surface area (Å²) in [6.45, 7) is 9.29. The molecule has 20 heavy (non-hydrogen) atoms. The second kappa shape index (κ2) is 6.56. The molecular weight excluding hydrogens is 254 g/mol. The Bertz CT molecular complexity index is 558. The molecule has 2 aromatic rings. The number of nitrogens with one attached hydrogen (secondary N) is 1. The Labute approximate surface area is 119 Å². The van der Waals surface area contributed by atoms with Crippen molar-refractivity contribution in [3.63, 3.8) is 0 Å². The van der Waals surface area contributed by atoms with Gasteiger partial charge in [-0.25, -0.2) is 4.98 Å². The molecule has 0 spiro atoms. The topological polar surface area (TPSA) is 56.9 Å². The van der Waals surface area contributed by atoms with Crippen LogP contribution < -0.4 is 5.32 Å². The van der Waals surface area contributed by atoms with E-state index in [1.54, 1.807) is 7.11 Å². The van der Waals surface area contributed by atoms with Gasteiger partial charge in [0.2, 0.25) is 0 Å². The minimum Gasteiger partial charge on any atom is -0.383 e. The number of rotatable bonds is 7. The summed E-state index contributed by atoms with van der Waals surface area (Å²) in [5, 5.41) is 7.98. The van der Waals surface area contributed by atoms with E-state index in [9.17, 15) is 0 Å². The number of hydrogen-bond donors (Lipinski definition) is 1. The maximum Gasteiger partial charge on any atom is 0.128 e. The first-order valence-electron chi connectivity index (χ1n) is 6.94. The van der Waals surface area contributed by atoms with Crippen molar-refractivity contribution in [2.45, 2.75) is 40.4 Å². The number of imidazole rings is 1. The SMILES string of the molecule is CCn1ccnc1CNc1c(C)nn(CCOC)c1C. The van der Waals surface area contributed by atoms with Crippen LogP contribution in [0.5, 0.6) is 0 Å². The molecule has 0 fully saturated rings. The first kappa shape index (κ1) is 14.6. The van der Waals surface area contributed by atoms with Gasteiger partial charge in [-0.15, -0.1) is 0 Å². The van der Waals surface area contributed by atoms with Crippen molar-refractivity contribution in [3.8, 4) is 0 Å². The van der Waals surface area contributed by atoms with Gasteiger partial charge in [-0.2, -0.15) is 5.10 Å². The minimum atomic E-state index is 0.668. The van der Waals surface area contributed by atoms with Crippen LogP contribution in [0.15, 0.2) is 12.4 Å². The molecule has 2 aromatic heterocycles. The number of aryl methyl sites for hydroxylation is 2. The van der Waals surface area contributed by atoms with Crippen LogP contribution in [0.3, 0.4) is 0 Å². The van der Waals surface area contributed by atoms with Crippen LogP contribution in [0.2, 0.25) is 0 Å². The van der Waals surface area contributed by atoms with Crippen molar-refractivity contribution in [2.75, 3.05) is 19.0 Å². The molecule has 6 heteroatoms. The Morgan fingerprint density at radius 1 is 1.35 bits per heavy atom. The smallest absolute Gasteiger partial charge is 0.128 e. The second-order valence-corrected chi connectivity index (χ2v) is 4.74. The molecular formula is C14H23N5O. The van der Waals surface area contributed by atoms with Crippen LogP contribution in [-0.2, 0) is 24.4 Å². The molecule has 0 radical (unpaired) electrons. The third-order valence-electron chi connectivity index (χ3n) is 3.45. The molecule has 0 amide bonds. The lowest BCUT2D eigenvalue weighted by Crippen LogP contribution is -2.10. The standard InChI is InChI=1S/C14H23N5O/c1-5-18-7-6-15-13(18)10-16-14-11(2)17-19(12(14)3)8-9-20-4/h6-7,16H,5,8-10H2,1-4H3. The summed E-state index contributed by atoms with van der Waals surface area (Å²) in [5.41, 5.74) is 3.23. The third-order valence-corrected chi connectivity index (χ3v) is 3.45. The molecule has 0 unspecified atom stereocenters. The van der Waals surface area contributed by atoms with E-state index >= 15 is 0 Å². The third kappa shape index (κ3) is 3.01. The molecule has 0 atom stereocenters. The molecule has 0 aliphatic carbocycles. The van der Waals surface area contributed by atoms with E-state index in [-0.39, 0.29) is 0 Å². The molecule has 0 aromatic carbocycles. The van der Waals surface area contributed by atoms with Crippen molar-refractivity contribution < 1.29 is 4.74 Å². The summed E-state index contributed by atoms with van der Waals surface area (Å²) in [6.07, 6.45) is 3.83. The predicted molar refractivity (Wildman–Crippen MR) is 78.8 cm³/mol. The summed E-state index contributed by atoms with van der Waals surface area (Å²) in [7, 11) is 1.70. The Morgan fingerprint density at radius 2 is 2.15 bits per heavy atom. The average molecular weight is 277 g/mol. The van der Waals surface area contributed by atoms with E-state index in [4.69, 9.17) is 4.74 Å². The number of hydrogen-bond acceptors (Lipinski definition) is 4. The van der Waals surface area contributed by atoms with Crippen LogP contribution in [0.25, 0.3) is 0 Å². The monoisotopic (exact) mass is 277 g/mol. The summed E-state index contributed by atoms with van der Waals surface area (Å²) >= 11 is 0. The Kier molecular flexibility index (Phi) is 4.79. The Morgan fingerprint density at radius 3 is 2.85 bits per heavy atom. The molecule has 2 rings (SSSR count). The van der Waals surface area contributed by atoms with E-state index < -0.39 is 0 Å². The average Bonchev–Trinajstić information content (AvgIpc) is 3.00. The van der Waals surface area contributed by atoms with Gasteiger partial charge < -0.3 is 14.6 Å². The molecule has 1 N–H and O–H groups in total. The zero-order valence-electron chi connectivity index (χ0n) is 12.7. The quantitative estimate of drug-likeness (QED) is 0.840. The lowest BCUT2D eigenvalue weighted by atomic mass is 10.3. The minimum absolute atomic E-state index is 0.668. The van der Waals surface area contributed by atoms with Crippen molar-refractivity contribution >= 4 is 5.69 Å². The zero-order chi connectivity index (χ0) is 14.5. The van der Waals surface area contributed by atoms with Crippen LogP contribution in [0.1, 0.15) is 24.1 Å². The first-order valence-corrected chi connectivity index (χ1v) is 6.94. The maximum absolute atomic E-state index is 5.10. The van der Waals surface area contributed by atoms with E-state index in [2.05, 4.69) is 33.8 Å². The van der Waals surface area contributed by atoms with Crippen molar-refractivity contribution in [3.05, 3.63) is 29.6 Å². The van der Waals surface area contributed by atoms with Gasteiger partial charge in [-0.1, -0.05) is 0 Å². The fourth-order valence-corrected chi connectivity index (χ4v) is 2.31. The number of nitrogens with zero attached hydrogens (tertiary/aromatic N) is 4. The normalized spacial score (nSPS) is 11.0. The van der Waals surface area contributed by atoms with Gasteiger partial charge in [0.1, 0.15) is 5.82 Å². The molecule has 0 bridgehead atoms. The number of aromatic nitrogens is 4.